The number of carbonyl (C=O) groups excluding carboxylic acids is 2. The number of hydrogen-bond donors (Lipinski definition) is 2. The van der Waals surface area contributed by atoms with Crippen molar-refractivity contribution in [3.8, 4) is 0 Å². The van der Waals surface area contributed by atoms with E-state index in [1.165, 1.54) is 0 Å². The van der Waals surface area contributed by atoms with Gasteiger partial charge in [-0.2, -0.15) is 0 Å². The molecule has 2 amide bonds. The molecule has 2 aromatic rings. The molecule has 5 nitrogen and oxygen atoms in total. The number of benzene rings is 2. The number of nitrogens with zero attached hydrogens (tertiary/aromatic N) is 1. The first-order chi connectivity index (χ1) is 12.2. The van der Waals surface area contributed by atoms with Gasteiger partial charge in [0, 0.05) is 26.4 Å². The number of carbonyl (C=O) groups is 2. The lowest BCUT2D eigenvalue weighted by Gasteiger charge is -2.23. The maximum atomic E-state index is 12.4. The van der Waals surface area contributed by atoms with E-state index >= 15 is 0 Å². The lowest BCUT2D eigenvalue weighted by Crippen LogP contribution is -2.43. The van der Waals surface area contributed by atoms with E-state index in [2.05, 4.69) is 10.6 Å². The molecule has 0 bridgehead atoms. The van der Waals surface area contributed by atoms with Crippen LogP contribution in [0.4, 0.5) is 11.4 Å². The largest absolute Gasteiger partial charge is 0.325 e. The minimum atomic E-state index is -0.538. The minimum Gasteiger partial charge on any atom is -0.325 e. The maximum absolute atomic E-state index is 12.4. The van der Waals surface area contributed by atoms with Crippen LogP contribution >= 0.6 is 34.8 Å². The number of rotatable bonds is 6. The summed E-state index contributed by atoms with van der Waals surface area (Å²) in [6.07, 6.45) is 0. The van der Waals surface area contributed by atoms with Crippen LogP contribution in [0, 0.1) is 0 Å². The van der Waals surface area contributed by atoms with Crippen LogP contribution in [0.3, 0.4) is 0 Å². The number of halogens is 3. The Kier molecular flexibility index (Phi) is 7.29. The van der Waals surface area contributed by atoms with Crippen LogP contribution in [0.1, 0.15) is 6.92 Å². The fourth-order valence-corrected chi connectivity index (χ4v) is 2.82. The lowest BCUT2D eigenvalue weighted by atomic mass is 10.2. The zero-order valence-corrected chi connectivity index (χ0v) is 16.5. The van der Waals surface area contributed by atoms with Crippen molar-refractivity contribution in [2.45, 2.75) is 13.0 Å². The Morgan fingerprint density at radius 2 is 1.50 bits per heavy atom. The van der Waals surface area contributed by atoms with Gasteiger partial charge in [-0.15, -0.1) is 0 Å². The summed E-state index contributed by atoms with van der Waals surface area (Å²) in [7, 11) is 1.69. The molecule has 0 fully saturated rings. The number of anilines is 2. The van der Waals surface area contributed by atoms with Crippen LogP contribution in [0.5, 0.6) is 0 Å². The molecule has 138 valence electrons. The van der Waals surface area contributed by atoms with Crippen molar-refractivity contribution < 1.29 is 9.59 Å². The quantitative estimate of drug-likeness (QED) is 0.729. The Morgan fingerprint density at radius 1 is 0.923 bits per heavy atom. The van der Waals surface area contributed by atoms with Gasteiger partial charge < -0.3 is 10.6 Å². The van der Waals surface area contributed by atoms with Gasteiger partial charge in [-0.3, -0.25) is 14.5 Å². The highest BCUT2D eigenvalue weighted by molar-refractivity contribution is 6.35. The molecular weight excluding hydrogens is 397 g/mol. The molecule has 0 saturated carbocycles. The van der Waals surface area contributed by atoms with Crippen LogP contribution in [-0.4, -0.2) is 36.3 Å². The van der Waals surface area contributed by atoms with Crippen molar-refractivity contribution in [1.82, 2.24) is 4.90 Å². The summed E-state index contributed by atoms with van der Waals surface area (Å²) in [5.41, 5.74) is 1.14. The molecule has 0 aliphatic heterocycles. The van der Waals surface area contributed by atoms with E-state index in [9.17, 15) is 9.59 Å². The molecule has 0 aliphatic rings. The first-order valence-corrected chi connectivity index (χ1v) is 8.90. The average molecular weight is 415 g/mol. The third kappa shape index (κ3) is 6.18. The fourth-order valence-electron chi connectivity index (χ4n) is 2.17. The van der Waals surface area contributed by atoms with Crippen molar-refractivity contribution in [3.05, 3.63) is 57.5 Å². The Morgan fingerprint density at radius 3 is 2.08 bits per heavy atom. The highest BCUT2D eigenvalue weighted by Gasteiger charge is 2.20. The summed E-state index contributed by atoms with van der Waals surface area (Å²) in [5, 5.41) is 6.93. The second kappa shape index (κ2) is 9.24. The predicted octanol–water partition coefficient (Wildman–Crippen LogP) is 4.54. The second-order valence-corrected chi connectivity index (χ2v) is 7.10. The molecule has 1 unspecified atom stereocenters. The molecule has 26 heavy (non-hydrogen) atoms. The third-order valence-corrected chi connectivity index (χ3v) is 4.38. The summed E-state index contributed by atoms with van der Waals surface area (Å²) in [4.78, 5) is 26.1. The van der Waals surface area contributed by atoms with Gasteiger partial charge in [0.05, 0.1) is 12.6 Å². The van der Waals surface area contributed by atoms with Crippen LogP contribution in [-0.2, 0) is 9.59 Å². The Bertz CT molecular complexity index is 777. The van der Waals surface area contributed by atoms with Crippen LogP contribution < -0.4 is 10.6 Å². The molecule has 2 rings (SSSR count). The summed E-state index contributed by atoms with van der Waals surface area (Å²) < 4.78 is 0. The van der Waals surface area contributed by atoms with E-state index in [0.29, 0.717) is 26.4 Å². The monoisotopic (exact) mass is 413 g/mol. The van der Waals surface area contributed by atoms with Crippen molar-refractivity contribution in [3.63, 3.8) is 0 Å². The standard InChI is InChI=1S/C18H18Cl3N3O2/c1-11(18(26)23-16-8-13(20)7-14(21)9-16)24(2)10-17(25)22-15-5-3-12(19)4-6-15/h3-9,11H,10H2,1-2H3,(H,22,25)(H,23,26). The zero-order valence-electron chi connectivity index (χ0n) is 14.2. The second-order valence-electron chi connectivity index (χ2n) is 5.79. The molecule has 2 aromatic carbocycles. The van der Waals surface area contributed by atoms with Gasteiger partial charge in [0.25, 0.3) is 0 Å². The van der Waals surface area contributed by atoms with E-state index in [4.69, 9.17) is 34.8 Å². The fraction of sp³-hybridized carbons (Fsp3) is 0.222. The summed E-state index contributed by atoms with van der Waals surface area (Å²) >= 11 is 17.7. The number of amides is 2. The van der Waals surface area contributed by atoms with Crippen molar-refractivity contribution >= 4 is 58.0 Å². The normalized spacial score (nSPS) is 11.9. The van der Waals surface area contributed by atoms with Gasteiger partial charge >= 0.3 is 0 Å². The Hall–Kier alpha value is -1.79. The molecule has 0 saturated heterocycles. The van der Waals surface area contributed by atoms with Gasteiger partial charge in [0.2, 0.25) is 11.8 Å². The summed E-state index contributed by atoms with van der Waals surface area (Å²) in [6, 6.07) is 11.0. The maximum Gasteiger partial charge on any atom is 0.241 e. The van der Waals surface area contributed by atoms with Crippen molar-refractivity contribution in [1.29, 1.82) is 0 Å². The third-order valence-electron chi connectivity index (χ3n) is 3.69. The molecule has 0 radical (unpaired) electrons. The first-order valence-electron chi connectivity index (χ1n) is 7.77. The topological polar surface area (TPSA) is 61.4 Å². The van der Waals surface area contributed by atoms with Crippen molar-refractivity contribution in [2.75, 3.05) is 24.2 Å². The Balaban J connectivity index is 1.90. The van der Waals surface area contributed by atoms with Crippen LogP contribution in [0.25, 0.3) is 0 Å². The minimum absolute atomic E-state index is 0.0491. The molecule has 1 atom stereocenters. The van der Waals surface area contributed by atoms with E-state index in [0.717, 1.165) is 0 Å². The van der Waals surface area contributed by atoms with E-state index < -0.39 is 6.04 Å². The summed E-state index contributed by atoms with van der Waals surface area (Å²) in [5.74, 6) is -0.509. The number of nitrogens with one attached hydrogen (secondary N) is 2. The van der Waals surface area contributed by atoms with Crippen LogP contribution in [0.15, 0.2) is 42.5 Å². The molecule has 0 spiro atoms. The van der Waals surface area contributed by atoms with E-state index in [1.807, 2.05) is 0 Å². The zero-order chi connectivity index (χ0) is 19.3. The predicted molar refractivity (Wildman–Crippen MR) is 107 cm³/mol. The number of likely N-dealkylation sites (N-methyl/N-ethyl adjacent to an activating group) is 1. The van der Waals surface area contributed by atoms with Gasteiger partial charge in [0.15, 0.2) is 0 Å². The molecular formula is C18H18Cl3N3O2. The smallest absolute Gasteiger partial charge is 0.241 e. The average Bonchev–Trinajstić information content (AvgIpc) is 2.55. The molecule has 0 aromatic heterocycles. The SMILES string of the molecule is CC(C(=O)Nc1cc(Cl)cc(Cl)c1)N(C)CC(=O)Nc1ccc(Cl)cc1. The van der Waals surface area contributed by atoms with E-state index in [-0.39, 0.29) is 18.4 Å². The number of hydrogen-bond acceptors (Lipinski definition) is 3. The first kappa shape index (κ1) is 20.5. The highest BCUT2D eigenvalue weighted by Crippen LogP contribution is 2.22. The molecule has 2 N–H and O–H groups in total. The molecule has 0 heterocycles. The van der Waals surface area contributed by atoms with Gasteiger partial charge in [-0.1, -0.05) is 34.8 Å². The lowest BCUT2D eigenvalue weighted by molar-refractivity contribution is -0.122. The van der Waals surface area contributed by atoms with Gasteiger partial charge in [0.1, 0.15) is 0 Å². The van der Waals surface area contributed by atoms with Crippen LogP contribution in [0.2, 0.25) is 15.1 Å². The molecule has 0 aliphatic carbocycles. The van der Waals surface area contributed by atoms with E-state index in [1.54, 1.807) is 61.3 Å². The van der Waals surface area contributed by atoms with Gasteiger partial charge in [-0.05, 0) is 56.4 Å². The molecule has 8 heteroatoms. The van der Waals surface area contributed by atoms with Crippen molar-refractivity contribution in [2.24, 2.45) is 0 Å². The Labute approximate surface area is 167 Å². The highest BCUT2D eigenvalue weighted by atomic mass is 35.5. The van der Waals surface area contributed by atoms with Gasteiger partial charge in [-0.25, -0.2) is 0 Å². The summed E-state index contributed by atoms with van der Waals surface area (Å²) in [6.45, 7) is 1.75.